The van der Waals surface area contributed by atoms with Gasteiger partial charge in [0.2, 0.25) is 0 Å². The molecule has 0 aliphatic rings. The highest BCUT2D eigenvalue weighted by Crippen LogP contribution is 2.44. The molecule has 4 aromatic carbocycles. The standard InChI is InChI=1S/C20H13N3O7S/c24-17-9-8-11-4-1-2-5-12(11)18(17)22-21-15-10-14-13(6-3-7-16(14)23(26)27)20(19(15)25)31(28,29)30/h1-10,24-25H,(H,28,29,30). The van der Waals surface area contributed by atoms with E-state index in [0.29, 0.717) is 5.39 Å². The maximum Gasteiger partial charge on any atom is 0.298 e. The maximum atomic E-state index is 11.9. The summed E-state index contributed by atoms with van der Waals surface area (Å²) in [5, 5.41) is 40.7. The largest absolute Gasteiger partial charge is 0.506 e. The molecule has 11 heteroatoms. The molecule has 0 unspecified atom stereocenters. The number of hydrogen-bond acceptors (Lipinski definition) is 8. The number of benzene rings is 4. The zero-order chi connectivity index (χ0) is 22.3. The van der Waals surface area contributed by atoms with Crippen molar-refractivity contribution in [2.75, 3.05) is 0 Å². The lowest BCUT2D eigenvalue weighted by Crippen LogP contribution is -2.01. The van der Waals surface area contributed by atoms with Gasteiger partial charge in [-0.2, -0.15) is 8.42 Å². The van der Waals surface area contributed by atoms with Crippen LogP contribution in [0.2, 0.25) is 0 Å². The van der Waals surface area contributed by atoms with Crippen molar-refractivity contribution >= 4 is 48.7 Å². The minimum Gasteiger partial charge on any atom is -0.506 e. The number of nitro groups is 1. The van der Waals surface area contributed by atoms with Crippen LogP contribution in [-0.2, 0) is 10.1 Å². The summed E-state index contributed by atoms with van der Waals surface area (Å²) in [7, 11) is -4.97. The number of azo groups is 1. The average molecular weight is 439 g/mol. The maximum absolute atomic E-state index is 11.9. The van der Waals surface area contributed by atoms with E-state index in [1.807, 2.05) is 0 Å². The highest BCUT2D eigenvalue weighted by molar-refractivity contribution is 7.86. The minimum atomic E-state index is -4.97. The van der Waals surface area contributed by atoms with Crippen LogP contribution in [0.15, 0.2) is 75.8 Å². The van der Waals surface area contributed by atoms with Crippen LogP contribution in [0.25, 0.3) is 21.5 Å². The molecule has 10 nitrogen and oxygen atoms in total. The monoisotopic (exact) mass is 439 g/mol. The SMILES string of the molecule is O=[N+]([O-])c1cccc2c(S(=O)(=O)O)c(O)c(N=Nc3c(O)ccc4ccccc34)cc12. The van der Waals surface area contributed by atoms with Gasteiger partial charge in [-0.15, -0.1) is 10.2 Å². The first-order chi connectivity index (χ1) is 14.7. The molecule has 156 valence electrons. The number of non-ortho nitro benzene ring substituents is 1. The number of nitrogens with zero attached hydrogens (tertiary/aromatic N) is 3. The van der Waals surface area contributed by atoms with Gasteiger partial charge in [0.05, 0.1) is 10.3 Å². The zero-order valence-corrected chi connectivity index (χ0v) is 16.3. The lowest BCUT2D eigenvalue weighted by atomic mass is 10.1. The van der Waals surface area contributed by atoms with Crippen molar-refractivity contribution in [1.82, 2.24) is 0 Å². The molecule has 0 heterocycles. The highest BCUT2D eigenvalue weighted by Gasteiger charge is 2.26. The quantitative estimate of drug-likeness (QED) is 0.175. The van der Waals surface area contributed by atoms with Gasteiger partial charge < -0.3 is 10.2 Å². The molecule has 3 N–H and O–H groups in total. The van der Waals surface area contributed by atoms with E-state index in [2.05, 4.69) is 10.2 Å². The second-order valence-corrected chi connectivity index (χ2v) is 7.89. The van der Waals surface area contributed by atoms with Gasteiger partial charge in [-0.25, -0.2) is 0 Å². The van der Waals surface area contributed by atoms with Gasteiger partial charge in [-0.3, -0.25) is 14.7 Å². The van der Waals surface area contributed by atoms with Crippen molar-refractivity contribution < 1.29 is 28.1 Å². The molecule has 4 aromatic rings. The van der Waals surface area contributed by atoms with Gasteiger partial charge >= 0.3 is 0 Å². The summed E-state index contributed by atoms with van der Waals surface area (Å²) >= 11 is 0. The van der Waals surface area contributed by atoms with Gasteiger partial charge in [-0.05, 0) is 17.5 Å². The van der Waals surface area contributed by atoms with E-state index < -0.39 is 37.1 Å². The van der Waals surface area contributed by atoms with Crippen LogP contribution in [0.4, 0.5) is 17.1 Å². The summed E-state index contributed by atoms with van der Waals surface area (Å²) in [5.41, 5.74) is -0.845. The van der Waals surface area contributed by atoms with Crippen molar-refractivity contribution in [1.29, 1.82) is 0 Å². The van der Waals surface area contributed by atoms with Crippen LogP contribution in [0.1, 0.15) is 0 Å². The number of hydrogen-bond donors (Lipinski definition) is 3. The van der Waals surface area contributed by atoms with Crippen LogP contribution in [-0.4, -0.2) is 28.1 Å². The van der Waals surface area contributed by atoms with Gasteiger partial charge in [-0.1, -0.05) is 42.5 Å². The topological polar surface area (TPSA) is 163 Å². The number of phenolic OH excluding ortho intramolecular Hbond substituents is 2. The summed E-state index contributed by atoms with van der Waals surface area (Å²) in [5.74, 6) is -1.15. The number of aromatic hydroxyl groups is 2. The lowest BCUT2D eigenvalue weighted by Gasteiger charge is -2.09. The summed E-state index contributed by atoms with van der Waals surface area (Å²) in [6.07, 6.45) is 0. The Labute approximate surface area is 174 Å². The van der Waals surface area contributed by atoms with Gasteiger partial charge in [0.25, 0.3) is 15.8 Å². The average Bonchev–Trinajstić information content (AvgIpc) is 2.71. The third-order valence-corrected chi connectivity index (χ3v) is 5.59. The van der Waals surface area contributed by atoms with E-state index in [-0.39, 0.29) is 22.2 Å². The first-order valence-electron chi connectivity index (χ1n) is 8.71. The molecule has 0 bridgehead atoms. The Morgan fingerprint density at radius 2 is 1.58 bits per heavy atom. The van der Waals surface area contributed by atoms with Crippen molar-refractivity contribution in [2.45, 2.75) is 4.90 Å². The fraction of sp³-hybridized carbons (Fsp3) is 0. The van der Waals surface area contributed by atoms with E-state index in [1.165, 1.54) is 18.2 Å². The molecule has 0 aliphatic carbocycles. The fourth-order valence-electron chi connectivity index (χ4n) is 3.30. The summed E-state index contributed by atoms with van der Waals surface area (Å²) < 4.78 is 33.5. The summed E-state index contributed by atoms with van der Waals surface area (Å²) in [6, 6.07) is 14.7. The predicted molar refractivity (Wildman–Crippen MR) is 112 cm³/mol. The second kappa shape index (κ2) is 7.31. The molecule has 0 fully saturated rings. The summed E-state index contributed by atoms with van der Waals surface area (Å²) in [4.78, 5) is 9.73. The third-order valence-electron chi connectivity index (χ3n) is 4.66. The van der Waals surface area contributed by atoms with Crippen molar-refractivity contribution in [2.24, 2.45) is 10.2 Å². The number of fused-ring (bicyclic) bond motifs is 2. The van der Waals surface area contributed by atoms with Crippen LogP contribution in [0, 0.1) is 10.1 Å². The fourth-order valence-corrected chi connectivity index (χ4v) is 4.11. The van der Waals surface area contributed by atoms with Crippen LogP contribution in [0.3, 0.4) is 0 Å². The Bertz CT molecular complexity index is 1510. The first-order valence-corrected chi connectivity index (χ1v) is 10.2. The highest BCUT2D eigenvalue weighted by atomic mass is 32.2. The van der Waals surface area contributed by atoms with Gasteiger partial charge in [0.1, 0.15) is 22.0 Å². The third kappa shape index (κ3) is 3.52. The van der Waals surface area contributed by atoms with Crippen LogP contribution >= 0.6 is 0 Å². The molecule has 0 saturated carbocycles. The molecule has 0 amide bonds. The molecule has 0 radical (unpaired) electrons. The normalized spacial score (nSPS) is 12.0. The van der Waals surface area contributed by atoms with Crippen LogP contribution < -0.4 is 0 Å². The second-order valence-electron chi connectivity index (χ2n) is 6.53. The van der Waals surface area contributed by atoms with E-state index in [1.54, 1.807) is 30.3 Å². The van der Waals surface area contributed by atoms with Crippen LogP contribution in [0.5, 0.6) is 11.5 Å². The Morgan fingerprint density at radius 1 is 0.871 bits per heavy atom. The Morgan fingerprint density at radius 3 is 2.29 bits per heavy atom. The molecule has 0 aliphatic heterocycles. The zero-order valence-electron chi connectivity index (χ0n) is 15.5. The van der Waals surface area contributed by atoms with E-state index >= 15 is 0 Å². The molecule has 4 rings (SSSR count). The smallest absolute Gasteiger partial charge is 0.298 e. The molecule has 0 saturated heterocycles. The Kier molecular flexibility index (Phi) is 4.76. The van der Waals surface area contributed by atoms with E-state index in [4.69, 9.17) is 0 Å². The van der Waals surface area contributed by atoms with Crippen molar-refractivity contribution in [3.8, 4) is 11.5 Å². The van der Waals surface area contributed by atoms with E-state index in [0.717, 1.165) is 17.5 Å². The number of nitro benzene ring substituents is 1. The molecule has 0 spiro atoms. The molecule has 0 atom stereocenters. The number of rotatable bonds is 4. The van der Waals surface area contributed by atoms with Crippen molar-refractivity contribution in [3.05, 3.63) is 70.8 Å². The number of phenols is 2. The minimum absolute atomic E-state index is 0.0496. The van der Waals surface area contributed by atoms with Gasteiger partial charge in [0.15, 0.2) is 5.75 Å². The summed E-state index contributed by atoms with van der Waals surface area (Å²) in [6.45, 7) is 0. The molecule has 31 heavy (non-hydrogen) atoms. The Balaban J connectivity index is 2.01. The first kappa shape index (κ1) is 20.2. The Hall–Kier alpha value is -4.09. The predicted octanol–water partition coefficient (Wildman–Crippen LogP) is 4.97. The molecule has 0 aromatic heterocycles. The van der Waals surface area contributed by atoms with Crippen molar-refractivity contribution in [3.63, 3.8) is 0 Å². The molecular weight excluding hydrogens is 426 g/mol. The lowest BCUT2D eigenvalue weighted by molar-refractivity contribution is -0.383. The van der Waals surface area contributed by atoms with Gasteiger partial charge in [0, 0.05) is 16.8 Å². The molecular formula is C20H13N3O7S. The van der Waals surface area contributed by atoms with E-state index in [9.17, 15) is 33.3 Å².